The number of benzene rings is 2. The van der Waals surface area contributed by atoms with E-state index in [2.05, 4.69) is 20.7 Å². The van der Waals surface area contributed by atoms with Crippen molar-refractivity contribution in [3.63, 3.8) is 0 Å². The van der Waals surface area contributed by atoms with Crippen molar-refractivity contribution in [3.8, 4) is 11.3 Å². The second kappa shape index (κ2) is 7.41. The summed E-state index contributed by atoms with van der Waals surface area (Å²) < 4.78 is 1.67. The zero-order chi connectivity index (χ0) is 19.7. The lowest BCUT2D eigenvalue weighted by molar-refractivity contribution is -0.114. The van der Waals surface area contributed by atoms with Gasteiger partial charge >= 0.3 is 0 Å². The maximum absolute atomic E-state index is 12.4. The predicted octanol–water partition coefficient (Wildman–Crippen LogP) is 4.32. The van der Waals surface area contributed by atoms with Crippen molar-refractivity contribution in [3.05, 3.63) is 64.5 Å². The molecule has 0 aliphatic carbocycles. The summed E-state index contributed by atoms with van der Waals surface area (Å²) in [6, 6.07) is 14.1. The molecule has 0 fully saturated rings. The summed E-state index contributed by atoms with van der Waals surface area (Å²) >= 11 is 7.35. The van der Waals surface area contributed by atoms with Gasteiger partial charge in [0.25, 0.3) is 11.9 Å². The van der Waals surface area contributed by atoms with Crippen molar-refractivity contribution in [1.29, 1.82) is 0 Å². The fourth-order valence-corrected chi connectivity index (χ4v) is 3.69. The molecule has 0 aliphatic rings. The van der Waals surface area contributed by atoms with Crippen LogP contribution in [0.15, 0.2) is 53.9 Å². The number of hydrogen-bond donors (Lipinski definition) is 2. The maximum Gasteiger partial charge on any atom is 0.258 e. The average Bonchev–Trinajstić information content (AvgIpc) is 3.22. The third kappa shape index (κ3) is 3.73. The topological polar surface area (TPSA) is 88.4 Å². The lowest BCUT2D eigenvalue weighted by Gasteiger charge is -2.04. The van der Waals surface area contributed by atoms with Crippen LogP contribution in [0.4, 0.5) is 11.6 Å². The number of rotatable bonds is 4. The molecule has 0 saturated heterocycles. The van der Waals surface area contributed by atoms with Crippen molar-refractivity contribution in [2.75, 3.05) is 10.6 Å². The minimum absolute atomic E-state index is 0.123. The summed E-state index contributed by atoms with van der Waals surface area (Å²) in [5.74, 6) is -0.239. The minimum atomic E-state index is -0.332. The van der Waals surface area contributed by atoms with E-state index in [0.29, 0.717) is 15.5 Å². The van der Waals surface area contributed by atoms with Gasteiger partial charge in [0.05, 0.1) is 5.69 Å². The van der Waals surface area contributed by atoms with E-state index in [1.165, 1.54) is 18.3 Å². The number of aromatic nitrogens is 3. The van der Waals surface area contributed by atoms with Gasteiger partial charge in [-0.15, -0.1) is 16.4 Å². The summed E-state index contributed by atoms with van der Waals surface area (Å²) in [7, 11) is 0. The number of anilines is 2. The number of thiazole rings is 1. The molecule has 4 rings (SSSR count). The zero-order valence-electron chi connectivity index (χ0n) is 14.6. The molecule has 0 bridgehead atoms. The molecule has 2 aromatic carbocycles. The SMILES string of the molecule is CC(=O)Nc1ccc(-c2csc3nc(NC(=O)c4cccc(Cl)c4)nn23)cc1. The van der Waals surface area contributed by atoms with Crippen LogP contribution in [-0.4, -0.2) is 26.4 Å². The second-order valence-electron chi connectivity index (χ2n) is 5.97. The highest BCUT2D eigenvalue weighted by atomic mass is 35.5. The fourth-order valence-electron chi connectivity index (χ4n) is 2.66. The van der Waals surface area contributed by atoms with Crippen molar-refractivity contribution in [2.45, 2.75) is 6.92 Å². The first kappa shape index (κ1) is 18.1. The third-order valence-corrected chi connectivity index (χ3v) is 4.95. The average molecular weight is 412 g/mol. The van der Waals surface area contributed by atoms with Gasteiger partial charge in [0, 0.05) is 34.1 Å². The van der Waals surface area contributed by atoms with E-state index in [-0.39, 0.29) is 17.8 Å². The van der Waals surface area contributed by atoms with Gasteiger partial charge in [-0.1, -0.05) is 29.8 Å². The van der Waals surface area contributed by atoms with Crippen LogP contribution in [0.2, 0.25) is 5.02 Å². The Hall–Kier alpha value is -3.23. The molecule has 2 heterocycles. The first-order valence-corrected chi connectivity index (χ1v) is 9.54. The van der Waals surface area contributed by atoms with Crippen LogP contribution >= 0.6 is 22.9 Å². The molecule has 28 heavy (non-hydrogen) atoms. The Morgan fingerprint density at radius 3 is 2.61 bits per heavy atom. The molecular weight excluding hydrogens is 398 g/mol. The number of nitrogens with zero attached hydrogens (tertiary/aromatic N) is 3. The summed E-state index contributed by atoms with van der Waals surface area (Å²) in [5, 5.41) is 12.2. The highest BCUT2D eigenvalue weighted by molar-refractivity contribution is 7.15. The highest BCUT2D eigenvalue weighted by Crippen LogP contribution is 2.27. The Labute approximate surface area is 169 Å². The highest BCUT2D eigenvalue weighted by Gasteiger charge is 2.14. The molecular formula is C19H14ClN5O2S. The van der Waals surface area contributed by atoms with Gasteiger partial charge in [-0.25, -0.2) is 4.52 Å². The lowest BCUT2D eigenvalue weighted by atomic mass is 10.1. The van der Waals surface area contributed by atoms with Crippen LogP contribution in [0.1, 0.15) is 17.3 Å². The van der Waals surface area contributed by atoms with Gasteiger partial charge in [-0.05, 0) is 30.3 Å². The molecule has 0 aliphatic heterocycles. The number of nitrogens with one attached hydrogen (secondary N) is 2. The number of fused-ring (bicyclic) bond motifs is 1. The molecule has 4 aromatic rings. The third-order valence-electron chi connectivity index (χ3n) is 3.89. The van der Waals surface area contributed by atoms with Gasteiger partial charge in [0.15, 0.2) is 0 Å². The van der Waals surface area contributed by atoms with Crippen molar-refractivity contribution in [1.82, 2.24) is 14.6 Å². The molecule has 0 spiro atoms. The first-order chi connectivity index (χ1) is 13.5. The van der Waals surface area contributed by atoms with Gasteiger partial charge in [-0.2, -0.15) is 4.98 Å². The van der Waals surface area contributed by atoms with Gasteiger partial charge in [0.1, 0.15) is 0 Å². The molecule has 7 nitrogen and oxygen atoms in total. The monoisotopic (exact) mass is 411 g/mol. The zero-order valence-corrected chi connectivity index (χ0v) is 16.2. The standard InChI is InChI=1S/C19H14ClN5O2S/c1-11(26)21-15-7-5-12(6-8-15)16-10-28-19-23-18(24-25(16)19)22-17(27)13-3-2-4-14(20)9-13/h2-10H,1H3,(H,21,26)(H,22,24,27). The van der Waals surface area contributed by atoms with Crippen LogP contribution in [0.5, 0.6) is 0 Å². The van der Waals surface area contributed by atoms with Gasteiger partial charge in [-0.3, -0.25) is 14.9 Å². The molecule has 0 radical (unpaired) electrons. The van der Waals surface area contributed by atoms with Gasteiger partial charge < -0.3 is 5.32 Å². The molecule has 2 aromatic heterocycles. The number of carbonyl (C=O) groups excluding carboxylic acids is 2. The van der Waals surface area contributed by atoms with E-state index in [1.54, 1.807) is 28.8 Å². The number of halogens is 1. The number of hydrogen-bond acceptors (Lipinski definition) is 5. The lowest BCUT2D eigenvalue weighted by Crippen LogP contribution is -2.13. The van der Waals surface area contributed by atoms with Crippen LogP contribution in [0.25, 0.3) is 16.2 Å². The molecule has 2 N–H and O–H groups in total. The van der Waals surface area contributed by atoms with Crippen LogP contribution < -0.4 is 10.6 Å². The van der Waals surface area contributed by atoms with Crippen molar-refractivity contribution in [2.24, 2.45) is 0 Å². The smallest absolute Gasteiger partial charge is 0.258 e. The fraction of sp³-hybridized carbons (Fsp3) is 0.0526. The second-order valence-corrected chi connectivity index (χ2v) is 7.25. The van der Waals surface area contributed by atoms with E-state index in [4.69, 9.17) is 11.6 Å². The van der Waals surface area contributed by atoms with Gasteiger partial charge in [0.2, 0.25) is 10.9 Å². The largest absolute Gasteiger partial charge is 0.326 e. The summed E-state index contributed by atoms with van der Waals surface area (Å²) in [5.41, 5.74) is 2.90. The van der Waals surface area contributed by atoms with E-state index in [9.17, 15) is 9.59 Å². The Bertz CT molecular complexity index is 1180. The van der Waals surface area contributed by atoms with E-state index in [0.717, 1.165) is 16.9 Å². The molecule has 9 heteroatoms. The Kier molecular flexibility index (Phi) is 4.81. The summed E-state index contributed by atoms with van der Waals surface area (Å²) in [6.45, 7) is 1.46. The van der Waals surface area contributed by atoms with Crippen molar-refractivity contribution >= 4 is 51.3 Å². The Balaban J connectivity index is 1.58. The van der Waals surface area contributed by atoms with E-state index < -0.39 is 0 Å². The van der Waals surface area contributed by atoms with E-state index in [1.807, 2.05) is 29.6 Å². The molecule has 0 saturated carbocycles. The molecule has 0 atom stereocenters. The van der Waals surface area contributed by atoms with Crippen LogP contribution in [0, 0.1) is 0 Å². The normalized spacial score (nSPS) is 10.8. The quantitative estimate of drug-likeness (QED) is 0.523. The van der Waals surface area contributed by atoms with E-state index >= 15 is 0 Å². The summed E-state index contributed by atoms with van der Waals surface area (Å²) in [6.07, 6.45) is 0. The molecule has 140 valence electrons. The Morgan fingerprint density at radius 1 is 1.11 bits per heavy atom. The van der Waals surface area contributed by atoms with Crippen LogP contribution in [0.3, 0.4) is 0 Å². The molecule has 0 unspecified atom stereocenters. The maximum atomic E-state index is 12.4. The van der Waals surface area contributed by atoms with Crippen LogP contribution in [-0.2, 0) is 4.79 Å². The number of carbonyl (C=O) groups is 2. The van der Waals surface area contributed by atoms with Crippen molar-refractivity contribution < 1.29 is 9.59 Å². The first-order valence-electron chi connectivity index (χ1n) is 8.29. The Morgan fingerprint density at radius 2 is 1.89 bits per heavy atom. The minimum Gasteiger partial charge on any atom is -0.326 e. The number of amides is 2. The predicted molar refractivity (Wildman–Crippen MR) is 110 cm³/mol. The summed E-state index contributed by atoms with van der Waals surface area (Å²) in [4.78, 5) is 28.5. The molecule has 2 amide bonds.